The zero-order chi connectivity index (χ0) is 15.7. The minimum absolute atomic E-state index is 0.114. The van der Waals surface area contributed by atoms with Gasteiger partial charge in [0.05, 0.1) is 6.61 Å². The van der Waals surface area contributed by atoms with Gasteiger partial charge in [-0.3, -0.25) is 9.69 Å². The number of ether oxygens (including phenoxy) is 1. The largest absolute Gasteiger partial charge is 0.465 e. The van der Waals surface area contributed by atoms with Crippen molar-refractivity contribution in [1.82, 2.24) is 4.90 Å². The van der Waals surface area contributed by atoms with Gasteiger partial charge in [-0.25, -0.2) is 0 Å². The minimum atomic E-state index is -0.170. The highest BCUT2D eigenvalue weighted by molar-refractivity contribution is 5.75. The second-order valence-electron chi connectivity index (χ2n) is 5.27. The van der Waals surface area contributed by atoms with Crippen molar-refractivity contribution in [3.05, 3.63) is 29.8 Å². The third-order valence-corrected chi connectivity index (χ3v) is 3.41. The van der Waals surface area contributed by atoms with E-state index in [1.54, 1.807) is 0 Å². The molecule has 0 aliphatic carbocycles. The summed E-state index contributed by atoms with van der Waals surface area (Å²) < 4.78 is 5.24. The van der Waals surface area contributed by atoms with Gasteiger partial charge < -0.3 is 10.5 Å². The normalized spacial score (nSPS) is 12.4. The van der Waals surface area contributed by atoms with Crippen LogP contribution in [0.25, 0.3) is 0 Å². The van der Waals surface area contributed by atoms with E-state index in [9.17, 15) is 4.79 Å². The Morgan fingerprint density at radius 1 is 1.29 bits per heavy atom. The Kier molecular flexibility index (Phi) is 7.83. The predicted molar refractivity (Wildman–Crippen MR) is 86.9 cm³/mol. The first-order valence-electron chi connectivity index (χ1n) is 7.87. The van der Waals surface area contributed by atoms with Crippen LogP contribution < -0.4 is 5.73 Å². The molecular weight excluding hydrogens is 264 g/mol. The topological polar surface area (TPSA) is 55.6 Å². The van der Waals surface area contributed by atoms with Crippen molar-refractivity contribution in [2.24, 2.45) is 0 Å². The van der Waals surface area contributed by atoms with Crippen LogP contribution in [0.5, 0.6) is 0 Å². The van der Waals surface area contributed by atoms with Crippen molar-refractivity contribution in [2.45, 2.75) is 52.6 Å². The lowest BCUT2D eigenvalue weighted by Gasteiger charge is -2.29. The molecule has 1 aromatic rings. The third-order valence-electron chi connectivity index (χ3n) is 3.41. The van der Waals surface area contributed by atoms with Gasteiger partial charge in [0, 0.05) is 12.2 Å². The monoisotopic (exact) mass is 292 g/mol. The number of carbonyl (C=O) groups is 1. The summed E-state index contributed by atoms with van der Waals surface area (Å²) in [6.07, 6.45) is 2.78. The predicted octanol–water partition coefficient (Wildman–Crippen LogP) is 3.21. The summed E-state index contributed by atoms with van der Waals surface area (Å²) in [6.45, 7) is 8.10. The van der Waals surface area contributed by atoms with Gasteiger partial charge in [-0.15, -0.1) is 0 Å². The first-order chi connectivity index (χ1) is 10.1. The van der Waals surface area contributed by atoms with Gasteiger partial charge in [-0.2, -0.15) is 0 Å². The van der Waals surface area contributed by atoms with E-state index in [2.05, 4.69) is 18.7 Å². The average Bonchev–Trinajstić information content (AvgIpc) is 2.44. The average molecular weight is 292 g/mol. The van der Waals surface area contributed by atoms with E-state index >= 15 is 0 Å². The number of hydrogen-bond donors (Lipinski definition) is 1. The summed E-state index contributed by atoms with van der Waals surface area (Å²) >= 11 is 0. The first kappa shape index (κ1) is 17.5. The number of nitrogens with two attached hydrogens (primary N) is 1. The number of anilines is 1. The Hall–Kier alpha value is -1.55. The molecule has 21 heavy (non-hydrogen) atoms. The highest BCUT2D eigenvalue weighted by Crippen LogP contribution is 2.16. The molecule has 0 bridgehead atoms. The Bertz CT molecular complexity index is 435. The summed E-state index contributed by atoms with van der Waals surface area (Å²) in [7, 11) is 0. The van der Waals surface area contributed by atoms with Crippen LogP contribution in [0.1, 0.15) is 45.6 Å². The molecule has 0 aliphatic rings. The van der Waals surface area contributed by atoms with Gasteiger partial charge in [0.15, 0.2) is 0 Å². The molecule has 0 radical (unpaired) electrons. The third kappa shape index (κ3) is 5.76. The Labute approximate surface area is 128 Å². The molecule has 1 aromatic carbocycles. The van der Waals surface area contributed by atoms with E-state index < -0.39 is 0 Å². The summed E-state index contributed by atoms with van der Waals surface area (Å²) in [4.78, 5) is 14.4. The van der Waals surface area contributed by atoms with Crippen molar-refractivity contribution in [3.8, 4) is 0 Å². The van der Waals surface area contributed by atoms with Crippen LogP contribution in [-0.2, 0) is 16.1 Å². The molecule has 4 nitrogen and oxygen atoms in total. The molecule has 118 valence electrons. The van der Waals surface area contributed by atoms with Gasteiger partial charge >= 0.3 is 5.97 Å². The number of hydrogen-bond acceptors (Lipinski definition) is 4. The standard InChI is InChI=1S/C17H28N2O2/c1-4-8-16(17(20)21-6-3)19(11-5-2)13-14-9-7-10-15(18)12-14/h7,9-10,12,16H,4-6,8,11,13,18H2,1-3H3. The number of esters is 1. The molecule has 4 heteroatoms. The number of benzene rings is 1. The van der Waals surface area contributed by atoms with Crippen LogP contribution in [0.2, 0.25) is 0 Å². The molecule has 0 heterocycles. The second kappa shape index (κ2) is 9.40. The Morgan fingerprint density at radius 2 is 2.05 bits per heavy atom. The Balaban J connectivity index is 2.87. The second-order valence-corrected chi connectivity index (χ2v) is 5.27. The van der Waals surface area contributed by atoms with Crippen molar-refractivity contribution < 1.29 is 9.53 Å². The summed E-state index contributed by atoms with van der Waals surface area (Å²) in [6, 6.07) is 7.68. The van der Waals surface area contributed by atoms with Crippen LogP contribution in [0.15, 0.2) is 24.3 Å². The summed E-state index contributed by atoms with van der Waals surface area (Å²) in [5.74, 6) is -0.114. The maximum atomic E-state index is 12.2. The molecule has 1 atom stereocenters. The molecule has 0 saturated carbocycles. The summed E-state index contributed by atoms with van der Waals surface area (Å²) in [5.41, 5.74) is 7.73. The van der Waals surface area contributed by atoms with E-state index in [1.807, 2.05) is 31.2 Å². The summed E-state index contributed by atoms with van der Waals surface area (Å²) in [5, 5.41) is 0. The van der Waals surface area contributed by atoms with Crippen LogP contribution in [0, 0.1) is 0 Å². The molecule has 0 aliphatic heterocycles. The van der Waals surface area contributed by atoms with Crippen molar-refractivity contribution in [1.29, 1.82) is 0 Å². The lowest BCUT2D eigenvalue weighted by atomic mass is 10.1. The highest BCUT2D eigenvalue weighted by atomic mass is 16.5. The van der Waals surface area contributed by atoms with Crippen LogP contribution in [-0.4, -0.2) is 30.1 Å². The van der Waals surface area contributed by atoms with E-state index in [0.29, 0.717) is 6.61 Å². The number of rotatable bonds is 9. The van der Waals surface area contributed by atoms with Gasteiger partial charge in [0.25, 0.3) is 0 Å². The van der Waals surface area contributed by atoms with E-state index in [-0.39, 0.29) is 12.0 Å². The van der Waals surface area contributed by atoms with Gasteiger partial charge in [-0.05, 0) is 44.0 Å². The lowest BCUT2D eigenvalue weighted by Crippen LogP contribution is -2.42. The van der Waals surface area contributed by atoms with E-state index in [0.717, 1.165) is 43.6 Å². The number of carbonyl (C=O) groups excluding carboxylic acids is 1. The molecule has 1 rings (SSSR count). The maximum Gasteiger partial charge on any atom is 0.323 e. The Morgan fingerprint density at radius 3 is 2.62 bits per heavy atom. The molecule has 0 fully saturated rings. The fraction of sp³-hybridized carbons (Fsp3) is 0.588. The van der Waals surface area contributed by atoms with Crippen LogP contribution in [0.3, 0.4) is 0 Å². The zero-order valence-electron chi connectivity index (χ0n) is 13.5. The van der Waals surface area contributed by atoms with Gasteiger partial charge in [0.1, 0.15) is 6.04 Å². The van der Waals surface area contributed by atoms with E-state index in [4.69, 9.17) is 10.5 Å². The molecule has 0 aromatic heterocycles. The zero-order valence-corrected chi connectivity index (χ0v) is 13.5. The smallest absolute Gasteiger partial charge is 0.323 e. The van der Waals surface area contributed by atoms with Crippen molar-refractivity contribution >= 4 is 11.7 Å². The quantitative estimate of drug-likeness (QED) is 0.561. The van der Waals surface area contributed by atoms with Crippen LogP contribution >= 0.6 is 0 Å². The molecule has 0 amide bonds. The fourth-order valence-corrected chi connectivity index (χ4v) is 2.52. The molecule has 0 saturated heterocycles. The van der Waals surface area contributed by atoms with Gasteiger partial charge in [-0.1, -0.05) is 32.4 Å². The fourth-order valence-electron chi connectivity index (χ4n) is 2.52. The lowest BCUT2D eigenvalue weighted by molar-refractivity contribution is -0.150. The number of nitrogen functional groups attached to an aromatic ring is 1. The van der Waals surface area contributed by atoms with Crippen molar-refractivity contribution in [2.75, 3.05) is 18.9 Å². The molecule has 0 spiro atoms. The first-order valence-corrected chi connectivity index (χ1v) is 7.87. The van der Waals surface area contributed by atoms with Crippen molar-refractivity contribution in [3.63, 3.8) is 0 Å². The maximum absolute atomic E-state index is 12.2. The number of nitrogens with zero attached hydrogens (tertiary/aromatic N) is 1. The molecule has 2 N–H and O–H groups in total. The van der Waals surface area contributed by atoms with E-state index in [1.165, 1.54) is 0 Å². The molecule has 1 unspecified atom stereocenters. The minimum Gasteiger partial charge on any atom is -0.465 e. The highest BCUT2D eigenvalue weighted by Gasteiger charge is 2.25. The SMILES string of the molecule is CCCC(C(=O)OCC)N(CCC)Cc1cccc(N)c1. The van der Waals surface area contributed by atoms with Gasteiger partial charge in [0.2, 0.25) is 0 Å². The van der Waals surface area contributed by atoms with Crippen LogP contribution in [0.4, 0.5) is 5.69 Å². The molecular formula is C17H28N2O2.